The Balaban J connectivity index is 0.000000810. The zero-order chi connectivity index (χ0) is 6.85. The minimum Gasteiger partial charge on any atom is -0.860 e. The molecule has 0 bridgehead atoms. The van der Waals surface area contributed by atoms with Crippen molar-refractivity contribution in [3.05, 3.63) is 22.2 Å². The van der Waals surface area contributed by atoms with Crippen molar-refractivity contribution >= 4 is 0 Å². The molecule has 0 spiro atoms. The van der Waals surface area contributed by atoms with Crippen LogP contribution in [-0.4, -0.2) is 9.97 Å². The molecule has 48 valence electrons. The van der Waals surface area contributed by atoms with Crippen LogP contribution in [0.3, 0.4) is 0 Å². The monoisotopic (exact) mass is 210 g/mol. The number of H-pyrrole nitrogens is 1. The maximum absolute atomic E-state index is 10.5. The van der Waals surface area contributed by atoms with E-state index >= 15 is 0 Å². The molecule has 4 nitrogen and oxygen atoms in total. The summed E-state index contributed by atoms with van der Waals surface area (Å²) in [6.45, 7) is 1.59. The van der Waals surface area contributed by atoms with E-state index in [0.29, 0.717) is 5.56 Å². The van der Waals surface area contributed by atoms with Crippen molar-refractivity contribution in [1.29, 1.82) is 0 Å². The zero-order valence-corrected chi connectivity index (χ0v) is 10.8. The smallest absolute Gasteiger partial charge is 0.860 e. The van der Waals surface area contributed by atoms with Gasteiger partial charge in [-0.1, -0.05) is 0 Å². The van der Waals surface area contributed by atoms with Gasteiger partial charge in [-0.15, -0.1) is 0 Å². The fourth-order valence-electron chi connectivity index (χ4n) is 0.442. The van der Waals surface area contributed by atoms with Crippen molar-refractivity contribution in [2.45, 2.75) is 6.92 Å². The quantitative estimate of drug-likeness (QED) is 0.477. The molecule has 10 heavy (non-hydrogen) atoms. The Kier molecular flexibility index (Phi) is 4.59. The second-order valence-electron chi connectivity index (χ2n) is 1.70. The molecule has 0 aromatic carbocycles. The minimum atomic E-state index is -0.592. The standard InChI is InChI=1S/C5H6N2O2.Rb/c1-3-2-6-5(9)7-4(3)8;/h2H,1H3,(H2,6,7,8,9);/q;+1/p-1. The topological polar surface area (TPSA) is 68.8 Å². The molecule has 0 saturated heterocycles. The van der Waals surface area contributed by atoms with E-state index in [4.69, 9.17) is 0 Å². The predicted octanol–water partition coefficient (Wildman–Crippen LogP) is -3.84. The van der Waals surface area contributed by atoms with Crippen molar-refractivity contribution in [2.24, 2.45) is 0 Å². The first-order valence-corrected chi connectivity index (χ1v) is 2.43. The van der Waals surface area contributed by atoms with Crippen LogP contribution in [0.15, 0.2) is 11.0 Å². The molecule has 1 aromatic rings. The van der Waals surface area contributed by atoms with E-state index in [-0.39, 0.29) is 64.1 Å². The third kappa shape index (κ3) is 2.61. The van der Waals surface area contributed by atoms with Gasteiger partial charge in [-0.05, 0) is 18.4 Å². The molecular weight excluding hydrogens is 206 g/mol. The molecule has 1 N–H and O–H groups in total. The molecule has 0 unspecified atom stereocenters. The second-order valence-corrected chi connectivity index (χ2v) is 1.70. The number of hydrogen-bond donors (Lipinski definition) is 1. The molecule has 1 rings (SSSR count). The van der Waals surface area contributed by atoms with Gasteiger partial charge in [-0.25, -0.2) is 9.78 Å². The number of aryl methyl sites for hydroxylation is 1. The Hall–Kier alpha value is 0.485. The van der Waals surface area contributed by atoms with E-state index < -0.39 is 5.69 Å². The number of aromatic amines is 1. The van der Waals surface area contributed by atoms with Gasteiger partial charge in [0.25, 0.3) is 0 Å². The van der Waals surface area contributed by atoms with Gasteiger partial charge in [0.1, 0.15) is 0 Å². The Bertz CT molecular complexity index is 271. The van der Waals surface area contributed by atoms with Crippen molar-refractivity contribution in [2.75, 3.05) is 0 Å². The summed E-state index contributed by atoms with van der Waals surface area (Å²) in [6, 6.07) is 0. The molecule has 0 aliphatic heterocycles. The van der Waals surface area contributed by atoms with E-state index in [1.165, 1.54) is 6.20 Å². The van der Waals surface area contributed by atoms with E-state index in [0.717, 1.165) is 0 Å². The molecule has 0 aliphatic rings. The molecule has 5 heteroatoms. The van der Waals surface area contributed by atoms with E-state index in [1.807, 2.05) is 4.98 Å². The van der Waals surface area contributed by atoms with Crippen LogP contribution in [0.25, 0.3) is 0 Å². The van der Waals surface area contributed by atoms with Gasteiger partial charge >= 0.3 is 63.9 Å². The zero-order valence-electron chi connectivity index (χ0n) is 5.84. The van der Waals surface area contributed by atoms with Crippen molar-refractivity contribution in [1.82, 2.24) is 9.97 Å². The van der Waals surface area contributed by atoms with Gasteiger partial charge in [-0.2, -0.15) is 0 Å². The molecule has 0 aliphatic carbocycles. The number of nitrogens with zero attached hydrogens (tertiary/aromatic N) is 1. The average molecular weight is 211 g/mol. The van der Waals surface area contributed by atoms with Gasteiger partial charge in [0.2, 0.25) is 0 Å². The molecule has 0 saturated carbocycles. The number of nitrogens with one attached hydrogen (secondary N) is 1. The number of aromatic nitrogens is 2. The van der Waals surface area contributed by atoms with E-state index in [1.54, 1.807) is 6.92 Å². The Morgan fingerprint density at radius 2 is 2.30 bits per heavy atom. The van der Waals surface area contributed by atoms with Gasteiger partial charge in [0.05, 0.1) is 0 Å². The van der Waals surface area contributed by atoms with Crippen LogP contribution < -0.4 is 69.0 Å². The average Bonchev–Trinajstić information content (AvgIpc) is 1.80. The molecule has 0 radical (unpaired) electrons. The van der Waals surface area contributed by atoms with Gasteiger partial charge < -0.3 is 10.1 Å². The summed E-state index contributed by atoms with van der Waals surface area (Å²) in [6.07, 6.45) is 1.25. The van der Waals surface area contributed by atoms with Gasteiger partial charge in [-0.3, -0.25) is 0 Å². The minimum absolute atomic E-state index is 0. The van der Waals surface area contributed by atoms with Crippen LogP contribution in [0.1, 0.15) is 5.56 Å². The maximum Gasteiger partial charge on any atom is 1.00 e. The summed E-state index contributed by atoms with van der Waals surface area (Å²) in [5, 5.41) is 10.5. The van der Waals surface area contributed by atoms with Crippen molar-refractivity contribution in [3.8, 4) is 5.88 Å². The Labute approximate surface area is 106 Å². The fourth-order valence-corrected chi connectivity index (χ4v) is 0.442. The van der Waals surface area contributed by atoms with Crippen LogP contribution in [0.2, 0.25) is 0 Å². The fraction of sp³-hybridized carbons (Fsp3) is 0.200. The third-order valence-corrected chi connectivity index (χ3v) is 0.954. The summed E-state index contributed by atoms with van der Waals surface area (Å²) >= 11 is 0. The van der Waals surface area contributed by atoms with Crippen LogP contribution >= 0.6 is 0 Å². The summed E-state index contributed by atoms with van der Waals surface area (Å²) in [4.78, 5) is 15.6. The maximum atomic E-state index is 10.5. The Morgan fingerprint density at radius 1 is 1.70 bits per heavy atom. The summed E-state index contributed by atoms with van der Waals surface area (Å²) in [5.41, 5.74) is -0.139. The second kappa shape index (κ2) is 4.38. The van der Waals surface area contributed by atoms with E-state index in [9.17, 15) is 9.90 Å². The van der Waals surface area contributed by atoms with Crippen molar-refractivity contribution in [3.63, 3.8) is 0 Å². The largest absolute Gasteiger partial charge is 1.00 e. The van der Waals surface area contributed by atoms with Gasteiger partial charge in [0.15, 0.2) is 0 Å². The third-order valence-electron chi connectivity index (χ3n) is 0.954. The SMILES string of the molecule is Cc1cnc(=O)[nH]c1[O-].[Rb+]. The predicted molar refractivity (Wildman–Crippen MR) is 29.0 cm³/mol. The summed E-state index contributed by atoms with van der Waals surface area (Å²) in [7, 11) is 0. The van der Waals surface area contributed by atoms with Crippen LogP contribution in [-0.2, 0) is 0 Å². The van der Waals surface area contributed by atoms with Gasteiger partial charge in [0, 0.05) is 6.20 Å². The molecule has 0 fully saturated rings. The number of rotatable bonds is 0. The Morgan fingerprint density at radius 3 is 2.70 bits per heavy atom. The van der Waals surface area contributed by atoms with Crippen LogP contribution in [0.4, 0.5) is 0 Å². The first-order chi connectivity index (χ1) is 4.20. The van der Waals surface area contributed by atoms with Crippen molar-refractivity contribution < 1.29 is 63.3 Å². The normalized spacial score (nSPS) is 8.50. The first kappa shape index (κ1) is 10.5. The van der Waals surface area contributed by atoms with Crippen LogP contribution in [0.5, 0.6) is 5.88 Å². The molecular formula is C5H5N2O2Rb. The molecule has 1 aromatic heterocycles. The summed E-state index contributed by atoms with van der Waals surface area (Å²) < 4.78 is 0. The summed E-state index contributed by atoms with van der Waals surface area (Å²) in [5.74, 6) is -0.366. The first-order valence-electron chi connectivity index (χ1n) is 2.43. The number of hydrogen-bond acceptors (Lipinski definition) is 3. The van der Waals surface area contributed by atoms with E-state index in [2.05, 4.69) is 4.98 Å². The molecule has 0 atom stereocenters. The van der Waals surface area contributed by atoms with Crippen LogP contribution in [0, 0.1) is 6.92 Å². The molecule has 1 heterocycles. The molecule has 0 amide bonds.